The smallest absolute Gasteiger partial charge is 0.220 e. The number of hydrogen-bond acceptors (Lipinski definition) is 2. The summed E-state index contributed by atoms with van der Waals surface area (Å²) in [6.45, 7) is 0. The van der Waals surface area contributed by atoms with Crippen LogP contribution in [0, 0.1) is 0 Å². The number of amides is 1. The first-order valence-corrected chi connectivity index (χ1v) is 5.74. The zero-order valence-corrected chi connectivity index (χ0v) is 9.32. The molecule has 0 spiro atoms. The number of ether oxygens (including phenoxy) is 1. The van der Waals surface area contributed by atoms with Crippen LogP contribution in [-0.2, 0) is 11.2 Å². The van der Waals surface area contributed by atoms with Gasteiger partial charge in [0.05, 0.1) is 7.11 Å². The van der Waals surface area contributed by atoms with Gasteiger partial charge in [0.1, 0.15) is 5.75 Å². The summed E-state index contributed by atoms with van der Waals surface area (Å²) in [5.74, 6) is 1.51. The molecule has 3 rings (SSSR count). The molecule has 1 heterocycles. The van der Waals surface area contributed by atoms with E-state index in [1.165, 1.54) is 11.1 Å². The Balaban J connectivity index is 2.06. The second-order valence-electron chi connectivity index (χ2n) is 4.55. The average molecular weight is 217 g/mol. The van der Waals surface area contributed by atoms with E-state index in [0.29, 0.717) is 18.4 Å². The average Bonchev–Trinajstić information content (AvgIpc) is 2.69. The summed E-state index contributed by atoms with van der Waals surface area (Å²) in [5.41, 5.74) is 2.59. The minimum absolute atomic E-state index is 0.186. The maximum atomic E-state index is 11.4. The van der Waals surface area contributed by atoms with Crippen molar-refractivity contribution in [2.24, 2.45) is 0 Å². The molecule has 0 bridgehead atoms. The van der Waals surface area contributed by atoms with Gasteiger partial charge in [-0.3, -0.25) is 4.79 Å². The van der Waals surface area contributed by atoms with E-state index >= 15 is 0 Å². The molecule has 2 atom stereocenters. The predicted octanol–water partition coefficient (Wildman–Crippen LogP) is 1.61. The number of rotatable bonds is 1. The maximum absolute atomic E-state index is 11.4. The van der Waals surface area contributed by atoms with E-state index in [1.54, 1.807) is 7.11 Å². The van der Waals surface area contributed by atoms with E-state index in [0.717, 1.165) is 18.6 Å². The summed E-state index contributed by atoms with van der Waals surface area (Å²) in [4.78, 5) is 11.4. The van der Waals surface area contributed by atoms with E-state index in [2.05, 4.69) is 11.4 Å². The minimum Gasteiger partial charge on any atom is -0.496 e. The molecule has 3 nitrogen and oxygen atoms in total. The SMILES string of the molecule is COc1cccc2c1CC[C@H]1NC(=O)C[C@H]21. The highest BCUT2D eigenvalue weighted by Gasteiger charge is 2.37. The van der Waals surface area contributed by atoms with Gasteiger partial charge in [-0.25, -0.2) is 0 Å². The number of fused-ring (bicyclic) bond motifs is 3. The van der Waals surface area contributed by atoms with Gasteiger partial charge in [0.15, 0.2) is 0 Å². The molecule has 1 aliphatic heterocycles. The summed E-state index contributed by atoms with van der Waals surface area (Å²) >= 11 is 0. The molecule has 1 aliphatic carbocycles. The quantitative estimate of drug-likeness (QED) is 0.776. The lowest BCUT2D eigenvalue weighted by Crippen LogP contribution is -2.31. The van der Waals surface area contributed by atoms with E-state index in [1.807, 2.05) is 12.1 Å². The topological polar surface area (TPSA) is 38.3 Å². The summed E-state index contributed by atoms with van der Waals surface area (Å²) < 4.78 is 5.38. The molecule has 16 heavy (non-hydrogen) atoms. The van der Waals surface area contributed by atoms with E-state index in [4.69, 9.17) is 4.74 Å². The highest BCUT2D eigenvalue weighted by atomic mass is 16.5. The lowest BCUT2D eigenvalue weighted by atomic mass is 9.79. The van der Waals surface area contributed by atoms with Crippen molar-refractivity contribution in [2.45, 2.75) is 31.2 Å². The second-order valence-corrected chi connectivity index (χ2v) is 4.55. The number of nitrogens with one attached hydrogen (secondary N) is 1. The van der Waals surface area contributed by atoms with E-state index in [-0.39, 0.29) is 5.91 Å². The number of carbonyl (C=O) groups excluding carboxylic acids is 1. The lowest BCUT2D eigenvalue weighted by molar-refractivity contribution is -0.119. The zero-order chi connectivity index (χ0) is 11.1. The van der Waals surface area contributed by atoms with Crippen LogP contribution >= 0.6 is 0 Å². The molecule has 1 aromatic rings. The van der Waals surface area contributed by atoms with Crippen molar-refractivity contribution in [1.29, 1.82) is 0 Å². The fourth-order valence-corrected chi connectivity index (χ4v) is 3.00. The summed E-state index contributed by atoms with van der Waals surface area (Å²) in [6.07, 6.45) is 2.66. The van der Waals surface area contributed by atoms with Crippen molar-refractivity contribution in [3.05, 3.63) is 29.3 Å². The predicted molar refractivity (Wildman–Crippen MR) is 60.6 cm³/mol. The Labute approximate surface area is 94.8 Å². The van der Waals surface area contributed by atoms with Crippen molar-refractivity contribution in [2.75, 3.05) is 7.11 Å². The molecule has 0 radical (unpaired) electrons. The second kappa shape index (κ2) is 3.51. The van der Waals surface area contributed by atoms with Crippen molar-refractivity contribution in [1.82, 2.24) is 5.32 Å². The van der Waals surface area contributed by atoms with Crippen LogP contribution in [0.5, 0.6) is 5.75 Å². The van der Waals surface area contributed by atoms with Crippen LogP contribution in [-0.4, -0.2) is 19.1 Å². The minimum atomic E-state index is 0.186. The molecule has 0 saturated carbocycles. The third-order valence-electron chi connectivity index (χ3n) is 3.73. The molecular weight excluding hydrogens is 202 g/mol. The van der Waals surface area contributed by atoms with Crippen LogP contribution in [0.25, 0.3) is 0 Å². The van der Waals surface area contributed by atoms with Gasteiger partial charge < -0.3 is 10.1 Å². The van der Waals surface area contributed by atoms with Gasteiger partial charge in [0, 0.05) is 18.4 Å². The molecule has 1 saturated heterocycles. The maximum Gasteiger partial charge on any atom is 0.220 e. The highest BCUT2D eigenvalue weighted by molar-refractivity contribution is 5.80. The van der Waals surface area contributed by atoms with Gasteiger partial charge in [-0.15, -0.1) is 0 Å². The van der Waals surface area contributed by atoms with Crippen molar-refractivity contribution < 1.29 is 9.53 Å². The largest absolute Gasteiger partial charge is 0.496 e. The van der Waals surface area contributed by atoms with Crippen LogP contribution in [0.1, 0.15) is 29.9 Å². The van der Waals surface area contributed by atoms with Crippen LogP contribution in [0.15, 0.2) is 18.2 Å². The van der Waals surface area contributed by atoms with Crippen molar-refractivity contribution >= 4 is 5.91 Å². The molecule has 1 fully saturated rings. The Kier molecular flexibility index (Phi) is 2.13. The Morgan fingerprint density at radius 3 is 3.12 bits per heavy atom. The van der Waals surface area contributed by atoms with Crippen LogP contribution < -0.4 is 10.1 Å². The number of carbonyl (C=O) groups is 1. The Morgan fingerprint density at radius 1 is 1.44 bits per heavy atom. The van der Waals surface area contributed by atoms with E-state index in [9.17, 15) is 4.79 Å². The van der Waals surface area contributed by atoms with Crippen LogP contribution in [0.4, 0.5) is 0 Å². The fourth-order valence-electron chi connectivity index (χ4n) is 3.00. The molecule has 1 N–H and O–H groups in total. The fraction of sp³-hybridized carbons (Fsp3) is 0.462. The molecule has 1 aromatic carbocycles. The standard InChI is InChI=1S/C13H15NO2/c1-16-12-4-2-3-8-9(12)5-6-11-10(8)7-13(15)14-11/h2-4,10-11H,5-7H2,1H3,(H,14,15)/t10-,11-/m1/s1. The first-order valence-electron chi connectivity index (χ1n) is 5.74. The molecule has 1 amide bonds. The van der Waals surface area contributed by atoms with Gasteiger partial charge in [0.25, 0.3) is 0 Å². The summed E-state index contributed by atoms with van der Waals surface area (Å²) in [5, 5.41) is 3.05. The monoisotopic (exact) mass is 217 g/mol. The van der Waals surface area contributed by atoms with Gasteiger partial charge in [-0.1, -0.05) is 12.1 Å². The first kappa shape index (κ1) is 9.70. The van der Waals surface area contributed by atoms with Gasteiger partial charge in [-0.2, -0.15) is 0 Å². The number of hydrogen-bond donors (Lipinski definition) is 1. The Morgan fingerprint density at radius 2 is 2.31 bits per heavy atom. The molecule has 2 aliphatic rings. The third kappa shape index (κ3) is 1.31. The van der Waals surface area contributed by atoms with Gasteiger partial charge in [-0.05, 0) is 30.0 Å². The molecular formula is C13H15NO2. The normalized spacial score (nSPS) is 26.9. The number of benzene rings is 1. The highest BCUT2D eigenvalue weighted by Crippen LogP contribution is 2.40. The first-order chi connectivity index (χ1) is 7.79. The van der Waals surface area contributed by atoms with Crippen molar-refractivity contribution in [3.8, 4) is 5.75 Å². The van der Waals surface area contributed by atoms with Gasteiger partial charge >= 0.3 is 0 Å². The Hall–Kier alpha value is -1.51. The molecule has 3 heteroatoms. The number of methoxy groups -OCH3 is 1. The van der Waals surface area contributed by atoms with Gasteiger partial charge in [0.2, 0.25) is 5.91 Å². The molecule has 84 valence electrons. The summed E-state index contributed by atoms with van der Waals surface area (Å²) in [6, 6.07) is 6.49. The molecule has 0 unspecified atom stereocenters. The Bertz CT molecular complexity index is 442. The van der Waals surface area contributed by atoms with Crippen LogP contribution in [0.2, 0.25) is 0 Å². The summed E-state index contributed by atoms with van der Waals surface area (Å²) in [7, 11) is 1.71. The third-order valence-corrected chi connectivity index (χ3v) is 3.73. The van der Waals surface area contributed by atoms with Crippen molar-refractivity contribution in [3.63, 3.8) is 0 Å². The zero-order valence-electron chi connectivity index (χ0n) is 9.32. The molecule has 0 aromatic heterocycles. The lowest BCUT2D eigenvalue weighted by Gasteiger charge is -2.28. The van der Waals surface area contributed by atoms with Crippen LogP contribution in [0.3, 0.4) is 0 Å². The van der Waals surface area contributed by atoms with E-state index < -0.39 is 0 Å².